The predicted octanol–water partition coefficient (Wildman–Crippen LogP) is 2.17. The maximum atomic E-state index is 13.0. The van der Waals surface area contributed by atoms with E-state index in [0.717, 1.165) is 22.0 Å². The Hall–Kier alpha value is -1.14. The van der Waals surface area contributed by atoms with E-state index in [-0.39, 0.29) is 0 Å². The Morgan fingerprint density at radius 1 is 1.53 bits per heavy atom. The highest BCUT2D eigenvalue weighted by molar-refractivity contribution is 8.02. The molecule has 0 fully saturated rings. The van der Waals surface area contributed by atoms with Crippen LogP contribution in [0, 0.1) is 0 Å². The lowest BCUT2D eigenvalue weighted by Crippen LogP contribution is -2.21. The van der Waals surface area contributed by atoms with Gasteiger partial charge in [-0.2, -0.15) is 0 Å². The molecule has 0 radical (unpaired) electrons. The van der Waals surface area contributed by atoms with Gasteiger partial charge >= 0.3 is 0 Å². The van der Waals surface area contributed by atoms with Gasteiger partial charge < -0.3 is 5.73 Å². The van der Waals surface area contributed by atoms with Crippen molar-refractivity contribution in [2.75, 3.05) is 0 Å². The van der Waals surface area contributed by atoms with Crippen molar-refractivity contribution in [3.05, 3.63) is 24.3 Å². The van der Waals surface area contributed by atoms with Gasteiger partial charge in [0.1, 0.15) is 0 Å². The van der Waals surface area contributed by atoms with Gasteiger partial charge in [0.05, 0.1) is 10.2 Å². The van der Waals surface area contributed by atoms with E-state index in [4.69, 9.17) is 5.73 Å². The molecule has 1 aromatic carbocycles. The van der Waals surface area contributed by atoms with E-state index in [2.05, 4.69) is 4.98 Å². The number of thiazole rings is 1. The number of benzene rings is 1. The Labute approximate surface area is 93.5 Å². The first-order valence-electron chi connectivity index (χ1n) is 4.12. The standard InChI is InChI=1S/C9H7FN2OS2/c10-7(8(11)13)15-9-12-5-3-1-2-4-6(5)14-9/h1-4,7H,(H2,11,13). The third-order valence-corrected chi connectivity index (χ3v) is 3.80. The van der Waals surface area contributed by atoms with E-state index in [1.54, 1.807) is 0 Å². The number of carbonyl (C=O) groups is 1. The molecule has 2 N–H and O–H groups in total. The summed E-state index contributed by atoms with van der Waals surface area (Å²) in [6, 6.07) is 7.48. The Balaban J connectivity index is 2.26. The number of primary amides is 1. The lowest BCUT2D eigenvalue weighted by molar-refractivity contribution is -0.119. The molecule has 3 nitrogen and oxygen atoms in total. The Kier molecular flexibility index (Phi) is 2.88. The average molecular weight is 242 g/mol. The van der Waals surface area contributed by atoms with Crippen molar-refractivity contribution < 1.29 is 9.18 Å². The first-order chi connectivity index (χ1) is 7.16. The zero-order chi connectivity index (χ0) is 10.8. The summed E-state index contributed by atoms with van der Waals surface area (Å²) in [5.74, 6) is -0.973. The van der Waals surface area contributed by atoms with E-state index in [9.17, 15) is 9.18 Å². The molecule has 2 aromatic rings. The Morgan fingerprint density at radius 2 is 2.27 bits per heavy atom. The first-order valence-corrected chi connectivity index (χ1v) is 5.82. The summed E-state index contributed by atoms with van der Waals surface area (Å²) in [5.41, 5.74) is 3.90. The molecule has 1 unspecified atom stereocenters. The van der Waals surface area contributed by atoms with E-state index >= 15 is 0 Å². The molecule has 0 aliphatic carbocycles. The molecule has 1 amide bonds. The van der Waals surface area contributed by atoms with Crippen LogP contribution in [0.1, 0.15) is 0 Å². The molecule has 1 atom stereocenters. The number of hydrogen-bond donors (Lipinski definition) is 1. The largest absolute Gasteiger partial charge is 0.366 e. The number of thioether (sulfide) groups is 1. The van der Waals surface area contributed by atoms with Gasteiger partial charge in [-0.3, -0.25) is 4.79 Å². The number of para-hydroxylation sites is 1. The smallest absolute Gasteiger partial charge is 0.262 e. The van der Waals surface area contributed by atoms with E-state index in [0.29, 0.717) is 4.34 Å². The van der Waals surface area contributed by atoms with Crippen LogP contribution in [-0.4, -0.2) is 16.4 Å². The summed E-state index contributed by atoms with van der Waals surface area (Å²) in [4.78, 5) is 14.7. The van der Waals surface area contributed by atoms with Crippen LogP contribution in [0.2, 0.25) is 0 Å². The van der Waals surface area contributed by atoms with E-state index in [1.807, 2.05) is 24.3 Å². The molecular weight excluding hydrogens is 235 g/mol. The van der Waals surface area contributed by atoms with Crippen molar-refractivity contribution >= 4 is 39.2 Å². The fourth-order valence-corrected chi connectivity index (χ4v) is 2.90. The lowest BCUT2D eigenvalue weighted by atomic mass is 10.3. The molecule has 0 aliphatic rings. The summed E-state index contributed by atoms with van der Waals surface area (Å²) in [6.45, 7) is 0. The third-order valence-electron chi connectivity index (χ3n) is 1.70. The number of halogens is 1. The monoisotopic (exact) mass is 242 g/mol. The van der Waals surface area contributed by atoms with Crippen molar-refractivity contribution in [2.45, 2.75) is 9.84 Å². The second kappa shape index (κ2) is 4.16. The van der Waals surface area contributed by atoms with Gasteiger partial charge in [-0.05, 0) is 23.9 Å². The highest BCUT2D eigenvalue weighted by atomic mass is 32.2. The fourth-order valence-electron chi connectivity index (χ4n) is 1.05. The minimum absolute atomic E-state index is 0.516. The SMILES string of the molecule is NC(=O)C(F)Sc1nc2ccccc2s1. The summed E-state index contributed by atoms with van der Waals surface area (Å²) in [5, 5.41) is 0. The van der Waals surface area contributed by atoms with Gasteiger partial charge in [0.25, 0.3) is 5.91 Å². The van der Waals surface area contributed by atoms with Crippen LogP contribution < -0.4 is 5.73 Å². The number of aromatic nitrogens is 1. The number of alkyl halides is 1. The van der Waals surface area contributed by atoms with Gasteiger partial charge in [0, 0.05) is 0 Å². The van der Waals surface area contributed by atoms with E-state index in [1.165, 1.54) is 11.3 Å². The van der Waals surface area contributed by atoms with E-state index < -0.39 is 11.4 Å². The number of amides is 1. The average Bonchev–Trinajstić information content (AvgIpc) is 2.59. The molecule has 0 saturated carbocycles. The molecule has 6 heteroatoms. The van der Waals surface area contributed by atoms with Crippen LogP contribution >= 0.6 is 23.1 Å². The van der Waals surface area contributed by atoms with Crippen LogP contribution in [0.5, 0.6) is 0 Å². The van der Waals surface area contributed by atoms with Gasteiger partial charge in [0.2, 0.25) is 5.50 Å². The number of carbonyl (C=O) groups excluding carboxylic acids is 1. The van der Waals surface area contributed by atoms with Crippen LogP contribution in [0.3, 0.4) is 0 Å². The van der Waals surface area contributed by atoms with Gasteiger partial charge in [0.15, 0.2) is 4.34 Å². The lowest BCUT2D eigenvalue weighted by Gasteiger charge is -1.98. The molecule has 1 heterocycles. The highest BCUT2D eigenvalue weighted by Gasteiger charge is 2.17. The second-order valence-electron chi connectivity index (χ2n) is 2.78. The summed E-state index contributed by atoms with van der Waals surface area (Å²) in [7, 11) is 0. The summed E-state index contributed by atoms with van der Waals surface area (Å²) in [6.07, 6.45) is 0. The molecule has 0 aliphatic heterocycles. The molecule has 15 heavy (non-hydrogen) atoms. The molecule has 78 valence electrons. The molecule has 2 rings (SSSR count). The van der Waals surface area contributed by atoms with Crippen molar-refractivity contribution in [3.63, 3.8) is 0 Å². The number of fused-ring (bicyclic) bond motifs is 1. The molecule has 0 saturated heterocycles. The number of hydrogen-bond acceptors (Lipinski definition) is 4. The maximum absolute atomic E-state index is 13.0. The van der Waals surface area contributed by atoms with Crippen molar-refractivity contribution in [3.8, 4) is 0 Å². The van der Waals surface area contributed by atoms with Gasteiger partial charge in [-0.25, -0.2) is 9.37 Å². The van der Waals surface area contributed by atoms with Crippen LogP contribution in [-0.2, 0) is 4.79 Å². The quantitative estimate of drug-likeness (QED) is 0.839. The number of nitrogens with two attached hydrogens (primary N) is 1. The fraction of sp³-hybridized carbons (Fsp3) is 0.111. The molecule has 0 spiro atoms. The second-order valence-corrected chi connectivity index (χ2v) is 5.11. The maximum Gasteiger partial charge on any atom is 0.262 e. The zero-order valence-electron chi connectivity index (χ0n) is 7.51. The molecule has 0 bridgehead atoms. The Bertz CT molecular complexity index is 467. The van der Waals surface area contributed by atoms with Crippen molar-refractivity contribution in [2.24, 2.45) is 5.73 Å². The topological polar surface area (TPSA) is 56.0 Å². The van der Waals surface area contributed by atoms with Gasteiger partial charge in [-0.15, -0.1) is 11.3 Å². The van der Waals surface area contributed by atoms with Gasteiger partial charge in [-0.1, -0.05) is 12.1 Å². The number of nitrogens with zero attached hydrogens (tertiary/aromatic N) is 1. The first kappa shape index (κ1) is 10.4. The minimum atomic E-state index is -1.73. The normalized spacial score (nSPS) is 12.9. The third kappa shape index (κ3) is 2.27. The highest BCUT2D eigenvalue weighted by Crippen LogP contribution is 2.32. The zero-order valence-corrected chi connectivity index (χ0v) is 9.15. The van der Waals surface area contributed by atoms with Crippen LogP contribution in [0.4, 0.5) is 4.39 Å². The van der Waals surface area contributed by atoms with Crippen molar-refractivity contribution in [1.82, 2.24) is 4.98 Å². The van der Waals surface area contributed by atoms with Crippen LogP contribution in [0.15, 0.2) is 28.6 Å². The summed E-state index contributed by atoms with van der Waals surface area (Å²) < 4.78 is 14.5. The Morgan fingerprint density at radius 3 is 2.93 bits per heavy atom. The van der Waals surface area contributed by atoms with Crippen molar-refractivity contribution in [1.29, 1.82) is 0 Å². The minimum Gasteiger partial charge on any atom is -0.366 e. The van der Waals surface area contributed by atoms with Crippen LogP contribution in [0.25, 0.3) is 10.2 Å². The summed E-state index contributed by atoms with van der Waals surface area (Å²) >= 11 is 2.09. The molecular formula is C9H7FN2OS2. The number of rotatable bonds is 3. The molecule has 1 aromatic heterocycles. The predicted molar refractivity (Wildman–Crippen MR) is 59.6 cm³/mol.